The van der Waals surface area contributed by atoms with Crippen LogP contribution in [0, 0.1) is 15.9 Å². The highest BCUT2D eigenvalue weighted by atomic mass is 19.1. The molecule has 1 amide bonds. The van der Waals surface area contributed by atoms with E-state index in [2.05, 4.69) is 4.74 Å². The van der Waals surface area contributed by atoms with Gasteiger partial charge in [-0.25, -0.2) is 4.39 Å². The van der Waals surface area contributed by atoms with E-state index >= 15 is 0 Å². The summed E-state index contributed by atoms with van der Waals surface area (Å²) in [7, 11) is 4.70. The molecule has 0 aliphatic heterocycles. The molecule has 0 aromatic heterocycles. The van der Waals surface area contributed by atoms with Crippen LogP contribution in [0.1, 0.15) is 6.92 Å². The van der Waals surface area contributed by atoms with Crippen molar-refractivity contribution in [3.05, 3.63) is 34.1 Å². The SMILES string of the molecule is CC(=O)N(C)C.COc1cc([N+](=O)[O-])ccc1F. The first-order chi connectivity index (χ1) is 8.29. The lowest BCUT2D eigenvalue weighted by atomic mass is 10.3. The van der Waals surface area contributed by atoms with Gasteiger partial charge in [-0.1, -0.05) is 0 Å². The number of nitro groups is 1. The number of carbonyl (C=O) groups is 1. The first-order valence-corrected chi connectivity index (χ1v) is 4.95. The Kier molecular flexibility index (Phi) is 6.33. The maximum absolute atomic E-state index is 12.7. The van der Waals surface area contributed by atoms with Crippen LogP contribution in [-0.2, 0) is 4.79 Å². The minimum atomic E-state index is -0.609. The Balaban J connectivity index is 0.000000411. The molecule has 0 bridgehead atoms. The molecule has 0 atom stereocenters. The third kappa shape index (κ3) is 5.24. The Morgan fingerprint density at radius 3 is 2.28 bits per heavy atom. The predicted molar refractivity (Wildman–Crippen MR) is 64.0 cm³/mol. The number of nitro benzene ring substituents is 1. The van der Waals surface area contributed by atoms with Gasteiger partial charge in [-0.15, -0.1) is 0 Å². The van der Waals surface area contributed by atoms with Gasteiger partial charge in [-0.2, -0.15) is 0 Å². The summed E-state index contributed by atoms with van der Waals surface area (Å²) >= 11 is 0. The molecule has 1 aromatic rings. The summed E-state index contributed by atoms with van der Waals surface area (Å²) in [6, 6.07) is 3.12. The van der Waals surface area contributed by atoms with Gasteiger partial charge in [0, 0.05) is 27.1 Å². The zero-order chi connectivity index (χ0) is 14.3. The molecule has 1 rings (SSSR count). The average Bonchev–Trinajstić information content (AvgIpc) is 2.30. The van der Waals surface area contributed by atoms with Gasteiger partial charge < -0.3 is 9.64 Å². The lowest BCUT2D eigenvalue weighted by Gasteiger charge is -2.02. The second kappa shape index (κ2) is 7.21. The molecule has 7 heteroatoms. The number of hydrogen-bond acceptors (Lipinski definition) is 4. The van der Waals surface area contributed by atoms with Crippen LogP contribution in [0.25, 0.3) is 0 Å². The van der Waals surface area contributed by atoms with E-state index in [0.29, 0.717) is 0 Å². The van der Waals surface area contributed by atoms with Gasteiger partial charge in [0.1, 0.15) is 0 Å². The standard InChI is InChI=1S/C7H6FNO3.C4H9NO/c1-12-7-4-5(9(10)11)2-3-6(7)8;1-4(6)5(2)3/h2-4H,1H3;1-3H3. The summed E-state index contributed by atoms with van der Waals surface area (Å²) in [4.78, 5) is 21.2. The van der Waals surface area contributed by atoms with Crippen molar-refractivity contribution < 1.29 is 18.8 Å². The van der Waals surface area contributed by atoms with E-state index in [9.17, 15) is 19.3 Å². The van der Waals surface area contributed by atoms with Crippen molar-refractivity contribution >= 4 is 11.6 Å². The minimum Gasteiger partial charge on any atom is -0.493 e. The second-order valence-corrected chi connectivity index (χ2v) is 3.49. The topological polar surface area (TPSA) is 72.7 Å². The normalized spacial score (nSPS) is 8.94. The van der Waals surface area contributed by atoms with E-state index in [1.54, 1.807) is 14.1 Å². The number of nitrogens with zero attached hydrogens (tertiary/aromatic N) is 2. The Labute approximate surface area is 104 Å². The van der Waals surface area contributed by atoms with Crippen molar-refractivity contribution in [1.82, 2.24) is 4.90 Å². The number of benzene rings is 1. The summed E-state index contributed by atoms with van der Waals surface area (Å²) in [5, 5.41) is 10.2. The van der Waals surface area contributed by atoms with Crippen LogP contribution in [0.3, 0.4) is 0 Å². The van der Waals surface area contributed by atoms with Gasteiger partial charge in [0.25, 0.3) is 5.69 Å². The number of hydrogen-bond donors (Lipinski definition) is 0. The Morgan fingerprint density at radius 1 is 1.44 bits per heavy atom. The van der Waals surface area contributed by atoms with Crippen LogP contribution in [-0.4, -0.2) is 36.9 Å². The molecule has 0 aliphatic carbocycles. The zero-order valence-electron chi connectivity index (χ0n) is 10.6. The fourth-order valence-electron chi connectivity index (χ4n) is 0.762. The van der Waals surface area contributed by atoms with Crippen molar-refractivity contribution in [2.45, 2.75) is 6.92 Å². The molecule has 0 heterocycles. The molecule has 0 saturated heterocycles. The van der Waals surface area contributed by atoms with E-state index in [4.69, 9.17) is 0 Å². The van der Waals surface area contributed by atoms with Crippen LogP contribution in [0.5, 0.6) is 5.75 Å². The molecule has 0 saturated carbocycles. The predicted octanol–water partition coefficient (Wildman–Crippen LogP) is 1.84. The van der Waals surface area contributed by atoms with Crippen LogP contribution in [0.4, 0.5) is 10.1 Å². The van der Waals surface area contributed by atoms with Crippen LogP contribution >= 0.6 is 0 Å². The highest BCUT2D eigenvalue weighted by Gasteiger charge is 2.10. The van der Waals surface area contributed by atoms with E-state index in [1.807, 2.05) is 0 Å². The number of rotatable bonds is 2. The van der Waals surface area contributed by atoms with Crippen molar-refractivity contribution in [2.24, 2.45) is 0 Å². The van der Waals surface area contributed by atoms with Crippen molar-refractivity contribution in [3.63, 3.8) is 0 Å². The van der Waals surface area contributed by atoms with Gasteiger partial charge in [0.15, 0.2) is 11.6 Å². The number of ether oxygens (including phenoxy) is 1. The molecule has 6 nitrogen and oxygen atoms in total. The van der Waals surface area contributed by atoms with E-state index in [1.165, 1.54) is 18.9 Å². The lowest BCUT2D eigenvalue weighted by molar-refractivity contribution is -0.385. The molecule has 0 aliphatic rings. The third-order valence-electron chi connectivity index (χ3n) is 1.98. The first kappa shape index (κ1) is 15.8. The summed E-state index contributed by atoms with van der Waals surface area (Å²) in [6.07, 6.45) is 0. The second-order valence-electron chi connectivity index (χ2n) is 3.49. The fourth-order valence-corrected chi connectivity index (χ4v) is 0.762. The maximum Gasteiger partial charge on any atom is 0.273 e. The van der Waals surface area contributed by atoms with Crippen LogP contribution < -0.4 is 4.74 Å². The zero-order valence-corrected chi connectivity index (χ0v) is 10.6. The number of methoxy groups -OCH3 is 1. The van der Waals surface area contributed by atoms with Gasteiger partial charge in [-0.3, -0.25) is 14.9 Å². The third-order valence-corrected chi connectivity index (χ3v) is 1.98. The number of carbonyl (C=O) groups excluding carboxylic acids is 1. The molecule has 0 unspecified atom stereocenters. The molecule has 18 heavy (non-hydrogen) atoms. The first-order valence-electron chi connectivity index (χ1n) is 4.95. The highest BCUT2D eigenvalue weighted by molar-refractivity contribution is 5.72. The molecular formula is C11H15FN2O4. The van der Waals surface area contributed by atoms with Crippen LogP contribution in [0.2, 0.25) is 0 Å². The number of amides is 1. The van der Waals surface area contributed by atoms with Crippen molar-refractivity contribution in [1.29, 1.82) is 0 Å². The van der Waals surface area contributed by atoms with Crippen LogP contribution in [0.15, 0.2) is 18.2 Å². The Morgan fingerprint density at radius 2 is 1.94 bits per heavy atom. The number of halogens is 1. The van der Waals surface area contributed by atoms with Gasteiger partial charge >= 0.3 is 0 Å². The van der Waals surface area contributed by atoms with Gasteiger partial charge in [-0.05, 0) is 6.07 Å². The molecular weight excluding hydrogens is 243 g/mol. The summed E-state index contributed by atoms with van der Waals surface area (Å²) in [5.41, 5.74) is -0.187. The Bertz CT molecular complexity index is 435. The highest BCUT2D eigenvalue weighted by Crippen LogP contribution is 2.22. The summed E-state index contributed by atoms with van der Waals surface area (Å²) in [6.45, 7) is 1.53. The van der Waals surface area contributed by atoms with E-state index < -0.39 is 10.7 Å². The quantitative estimate of drug-likeness (QED) is 0.599. The molecule has 1 aromatic carbocycles. The van der Waals surface area contributed by atoms with Crippen molar-refractivity contribution in [2.75, 3.05) is 21.2 Å². The average molecular weight is 258 g/mol. The largest absolute Gasteiger partial charge is 0.493 e. The van der Waals surface area contributed by atoms with Gasteiger partial charge in [0.05, 0.1) is 18.1 Å². The molecule has 0 N–H and O–H groups in total. The number of non-ortho nitro benzene ring substituents is 1. The Hall–Kier alpha value is -2.18. The smallest absolute Gasteiger partial charge is 0.273 e. The molecule has 0 radical (unpaired) electrons. The summed E-state index contributed by atoms with van der Waals surface area (Å²) < 4.78 is 17.2. The minimum absolute atomic E-state index is 0.0926. The molecule has 0 fully saturated rings. The monoisotopic (exact) mass is 258 g/mol. The lowest BCUT2D eigenvalue weighted by Crippen LogP contribution is -2.17. The molecule has 0 spiro atoms. The van der Waals surface area contributed by atoms with Gasteiger partial charge in [0.2, 0.25) is 5.91 Å². The maximum atomic E-state index is 12.7. The van der Waals surface area contributed by atoms with E-state index in [0.717, 1.165) is 18.2 Å². The van der Waals surface area contributed by atoms with Crippen molar-refractivity contribution in [3.8, 4) is 5.75 Å². The fraction of sp³-hybridized carbons (Fsp3) is 0.364. The molecule has 100 valence electrons. The van der Waals surface area contributed by atoms with E-state index in [-0.39, 0.29) is 17.3 Å². The summed E-state index contributed by atoms with van der Waals surface area (Å²) in [5.74, 6) is -0.637.